The Morgan fingerprint density at radius 1 is 1.38 bits per heavy atom. The Bertz CT molecular complexity index is 467. The third-order valence-corrected chi connectivity index (χ3v) is 2.21. The van der Waals surface area contributed by atoms with E-state index >= 15 is 0 Å². The number of anilines is 1. The molecule has 2 aromatic heterocycles. The third-order valence-electron chi connectivity index (χ3n) is 2.21. The van der Waals surface area contributed by atoms with Gasteiger partial charge in [0.15, 0.2) is 11.5 Å². The molecule has 6 heteroatoms. The zero-order valence-corrected chi connectivity index (χ0v) is 9.47. The van der Waals surface area contributed by atoms with Crippen molar-refractivity contribution in [1.29, 1.82) is 0 Å². The summed E-state index contributed by atoms with van der Waals surface area (Å²) < 4.78 is 6.90. The molecule has 0 aliphatic heterocycles. The third kappa shape index (κ3) is 1.96. The van der Waals surface area contributed by atoms with Gasteiger partial charge in [-0.05, 0) is 6.42 Å². The first-order valence-corrected chi connectivity index (χ1v) is 5.25. The SMILES string of the molecule is CCCNc1ncnc2c1ncn2COC. The van der Waals surface area contributed by atoms with Crippen molar-refractivity contribution in [2.24, 2.45) is 0 Å². The highest BCUT2D eigenvalue weighted by Crippen LogP contribution is 2.16. The van der Waals surface area contributed by atoms with Crippen molar-refractivity contribution in [3.05, 3.63) is 12.7 Å². The van der Waals surface area contributed by atoms with Crippen LogP contribution in [0.4, 0.5) is 5.82 Å². The molecule has 2 heterocycles. The first kappa shape index (κ1) is 10.8. The molecule has 0 fully saturated rings. The van der Waals surface area contributed by atoms with Crippen molar-refractivity contribution >= 4 is 17.0 Å². The van der Waals surface area contributed by atoms with Gasteiger partial charge in [-0.1, -0.05) is 6.92 Å². The van der Waals surface area contributed by atoms with Crippen molar-refractivity contribution < 1.29 is 4.74 Å². The van der Waals surface area contributed by atoms with E-state index in [0.29, 0.717) is 6.73 Å². The number of imidazole rings is 1. The van der Waals surface area contributed by atoms with Gasteiger partial charge in [0.1, 0.15) is 18.6 Å². The molecule has 86 valence electrons. The van der Waals surface area contributed by atoms with Crippen LogP contribution in [-0.4, -0.2) is 33.2 Å². The summed E-state index contributed by atoms with van der Waals surface area (Å²) in [6, 6.07) is 0. The quantitative estimate of drug-likeness (QED) is 0.823. The first-order valence-electron chi connectivity index (χ1n) is 5.25. The van der Waals surface area contributed by atoms with Crippen molar-refractivity contribution in [2.45, 2.75) is 20.1 Å². The van der Waals surface area contributed by atoms with Crippen molar-refractivity contribution in [3.8, 4) is 0 Å². The number of hydrogen-bond acceptors (Lipinski definition) is 5. The summed E-state index contributed by atoms with van der Waals surface area (Å²) in [4.78, 5) is 12.7. The monoisotopic (exact) mass is 221 g/mol. The molecule has 0 saturated carbocycles. The molecule has 0 unspecified atom stereocenters. The van der Waals surface area contributed by atoms with E-state index in [1.54, 1.807) is 13.4 Å². The zero-order valence-electron chi connectivity index (χ0n) is 9.47. The van der Waals surface area contributed by atoms with Gasteiger partial charge in [-0.15, -0.1) is 0 Å². The Kier molecular flexibility index (Phi) is 3.31. The minimum Gasteiger partial charge on any atom is -0.368 e. The molecule has 2 aromatic rings. The van der Waals surface area contributed by atoms with Crippen LogP contribution in [0.25, 0.3) is 11.2 Å². The van der Waals surface area contributed by atoms with E-state index in [1.807, 2.05) is 4.57 Å². The maximum absolute atomic E-state index is 5.06. The van der Waals surface area contributed by atoms with Crippen LogP contribution in [0.5, 0.6) is 0 Å². The van der Waals surface area contributed by atoms with Crippen LogP contribution < -0.4 is 5.32 Å². The lowest BCUT2D eigenvalue weighted by Crippen LogP contribution is -2.04. The summed E-state index contributed by atoms with van der Waals surface area (Å²) in [5, 5.41) is 3.22. The Balaban J connectivity index is 2.36. The highest BCUT2D eigenvalue weighted by molar-refractivity contribution is 5.82. The van der Waals surface area contributed by atoms with Gasteiger partial charge in [-0.3, -0.25) is 4.57 Å². The molecular formula is C10H15N5O. The van der Waals surface area contributed by atoms with Crippen molar-refractivity contribution in [2.75, 3.05) is 19.0 Å². The van der Waals surface area contributed by atoms with E-state index in [1.165, 1.54) is 6.33 Å². The molecule has 0 spiro atoms. The Hall–Kier alpha value is -1.69. The number of fused-ring (bicyclic) bond motifs is 1. The van der Waals surface area contributed by atoms with Gasteiger partial charge in [0, 0.05) is 13.7 Å². The van der Waals surface area contributed by atoms with E-state index in [0.717, 1.165) is 29.9 Å². The average Bonchev–Trinajstić information content (AvgIpc) is 2.71. The number of nitrogens with zero attached hydrogens (tertiary/aromatic N) is 4. The van der Waals surface area contributed by atoms with E-state index in [9.17, 15) is 0 Å². The number of nitrogens with one attached hydrogen (secondary N) is 1. The van der Waals surface area contributed by atoms with E-state index in [2.05, 4.69) is 27.2 Å². The Morgan fingerprint density at radius 3 is 3.00 bits per heavy atom. The van der Waals surface area contributed by atoms with Crippen molar-refractivity contribution in [1.82, 2.24) is 19.5 Å². The topological polar surface area (TPSA) is 64.9 Å². The van der Waals surface area contributed by atoms with Gasteiger partial charge in [-0.25, -0.2) is 15.0 Å². The van der Waals surface area contributed by atoms with Crippen LogP contribution in [-0.2, 0) is 11.5 Å². The van der Waals surface area contributed by atoms with Crippen LogP contribution in [0.15, 0.2) is 12.7 Å². The lowest BCUT2D eigenvalue weighted by Gasteiger charge is -2.04. The molecule has 0 atom stereocenters. The molecule has 0 saturated heterocycles. The summed E-state index contributed by atoms with van der Waals surface area (Å²) in [6.07, 6.45) is 4.29. The molecule has 0 aliphatic carbocycles. The van der Waals surface area contributed by atoms with Crippen LogP contribution in [0, 0.1) is 0 Å². The molecule has 6 nitrogen and oxygen atoms in total. The molecular weight excluding hydrogens is 206 g/mol. The number of aromatic nitrogens is 4. The second-order valence-corrected chi connectivity index (χ2v) is 3.45. The largest absolute Gasteiger partial charge is 0.368 e. The second-order valence-electron chi connectivity index (χ2n) is 3.45. The Labute approximate surface area is 93.7 Å². The second kappa shape index (κ2) is 4.89. The van der Waals surface area contributed by atoms with Gasteiger partial charge in [0.25, 0.3) is 0 Å². The van der Waals surface area contributed by atoms with E-state index in [-0.39, 0.29) is 0 Å². The normalized spacial score (nSPS) is 10.9. The summed E-state index contributed by atoms with van der Waals surface area (Å²) in [6.45, 7) is 3.43. The minimum atomic E-state index is 0.445. The lowest BCUT2D eigenvalue weighted by molar-refractivity contribution is 0.134. The van der Waals surface area contributed by atoms with Crippen LogP contribution in [0.1, 0.15) is 13.3 Å². The first-order chi connectivity index (χ1) is 7.86. The fourth-order valence-corrected chi connectivity index (χ4v) is 1.49. The van der Waals surface area contributed by atoms with Gasteiger partial charge >= 0.3 is 0 Å². The average molecular weight is 221 g/mol. The highest BCUT2D eigenvalue weighted by Gasteiger charge is 2.08. The predicted octanol–water partition coefficient (Wildman–Crippen LogP) is 1.25. The summed E-state index contributed by atoms with van der Waals surface area (Å²) >= 11 is 0. The molecule has 1 N–H and O–H groups in total. The zero-order chi connectivity index (χ0) is 11.4. The van der Waals surface area contributed by atoms with Gasteiger partial charge in [0.2, 0.25) is 0 Å². The fraction of sp³-hybridized carbons (Fsp3) is 0.500. The number of ether oxygens (including phenoxy) is 1. The number of hydrogen-bond donors (Lipinski definition) is 1. The van der Waals surface area contributed by atoms with E-state index in [4.69, 9.17) is 4.74 Å². The molecule has 0 aromatic carbocycles. The predicted molar refractivity (Wildman–Crippen MR) is 61.1 cm³/mol. The summed E-state index contributed by atoms with van der Waals surface area (Å²) in [5.41, 5.74) is 1.57. The maximum atomic E-state index is 5.06. The molecule has 0 bridgehead atoms. The molecule has 0 radical (unpaired) electrons. The fourth-order valence-electron chi connectivity index (χ4n) is 1.49. The maximum Gasteiger partial charge on any atom is 0.167 e. The molecule has 0 amide bonds. The van der Waals surface area contributed by atoms with Gasteiger partial charge in [0.05, 0.1) is 6.33 Å². The standard InChI is InChI=1S/C10H15N5O/c1-3-4-11-9-8-10(13-5-12-9)15(6-14-8)7-16-2/h5-6H,3-4,7H2,1-2H3,(H,11,12,13). The molecule has 2 rings (SSSR count). The van der Waals surface area contributed by atoms with Crippen LogP contribution in [0.3, 0.4) is 0 Å². The summed E-state index contributed by atoms with van der Waals surface area (Å²) in [5.74, 6) is 0.779. The number of rotatable bonds is 5. The minimum absolute atomic E-state index is 0.445. The van der Waals surface area contributed by atoms with Crippen LogP contribution >= 0.6 is 0 Å². The molecule has 16 heavy (non-hydrogen) atoms. The van der Waals surface area contributed by atoms with Gasteiger partial charge < -0.3 is 10.1 Å². The number of methoxy groups -OCH3 is 1. The van der Waals surface area contributed by atoms with Gasteiger partial charge in [-0.2, -0.15) is 0 Å². The van der Waals surface area contributed by atoms with E-state index < -0.39 is 0 Å². The molecule has 0 aliphatic rings. The van der Waals surface area contributed by atoms with Crippen molar-refractivity contribution in [3.63, 3.8) is 0 Å². The Morgan fingerprint density at radius 2 is 2.25 bits per heavy atom. The smallest absolute Gasteiger partial charge is 0.167 e. The summed E-state index contributed by atoms with van der Waals surface area (Å²) in [7, 11) is 1.64. The van der Waals surface area contributed by atoms with Crippen LogP contribution in [0.2, 0.25) is 0 Å². The lowest BCUT2D eigenvalue weighted by atomic mass is 10.4. The highest BCUT2D eigenvalue weighted by atomic mass is 16.5.